The van der Waals surface area contributed by atoms with Gasteiger partial charge in [-0.2, -0.15) is 0 Å². The van der Waals surface area contributed by atoms with E-state index in [1.165, 1.54) is 22.2 Å². The van der Waals surface area contributed by atoms with Crippen molar-refractivity contribution in [2.75, 3.05) is 44.2 Å². The maximum absolute atomic E-state index is 12.5. The topological polar surface area (TPSA) is 54.9 Å². The maximum atomic E-state index is 12.5. The molecule has 7 heteroatoms. The lowest BCUT2D eigenvalue weighted by Gasteiger charge is -2.36. The number of carbonyl (C=O) groups excluding carboxylic acids is 1. The Morgan fingerprint density at radius 2 is 1.79 bits per heavy atom. The number of thiophene rings is 1. The van der Waals surface area contributed by atoms with Gasteiger partial charge in [-0.15, -0.1) is 11.3 Å². The number of carbonyl (C=O) groups is 1. The quantitative estimate of drug-likeness (QED) is 0.169. The van der Waals surface area contributed by atoms with Crippen molar-refractivity contribution < 1.29 is 14.3 Å². The van der Waals surface area contributed by atoms with E-state index in [2.05, 4.69) is 44.4 Å². The molecule has 0 N–H and O–H groups in total. The molecule has 0 unspecified atom stereocenters. The number of benzene rings is 2. The predicted octanol–water partition coefficient (Wildman–Crippen LogP) is 6.92. The van der Waals surface area contributed by atoms with Crippen LogP contribution in [-0.2, 0) is 4.79 Å². The minimum absolute atomic E-state index is 0.0101. The van der Waals surface area contributed by atoms with Crippen molar-refractivity contribution in [1.29, 1.82) is 0 Å². The van der Waals surface area contributed by atoms with E-state index in [9.17, 15) is 4.79 Å². The average Bonchev–Trinajstić information content (AvgIpc) is 3.47. The minimum atomic E-state index is -0.143. The Labute approximate surface area is 234 Å². The summed E-state index contributed by atoms with van der Waals surface area (Å²) in [7, 11) is 0. The van der Waals surface area contributed by atoms with Gasteiger partial charge in [0.05, 0.1) is 18.0 Å². The standard InChI is InChI=1S/C32H37N3O3S/c36-32(25-7-2-1-3-8-25)38-31-14-12-24-11-13-26(23-28(24)33-31)37-21-5-4-16-34-17-19-35(20-18-34)29-9-6-10-30-27(29)15-22-39-30/h6,9-15,22-23,25H,1-5,7-8,16-21H2. The number of hydrogen-bond acceptors (Lipinski definition) is 7. The summed E-state index contributed by atoms with van der Waals surface area (Å²) in [5, 5.41) is 4.58. The van der Waals surface area contributed by atoms with Crippen molar-refractivity contribution in [1.82, 2.24) is 9.88 Å². The molecule has 204 valence electrons. The van der Waals surface area contributed by atoms with Crippen molar-refractivity contribution in [3.05, 3.63) is 60.0 Å². The lowest BCUT2D eigenvalue weighted by molar-refractivity contribution is -0.140. The van der Waals surface area contributed by atoms with Crippen LogP contribution in [0.1, 0.15) is 44.9 Å². The summed E-state index contributed by atoms with van der Waals surface area (Å²) in [5.41, 5.74) is 2.17. The fourth-order valence-corrected chi connectivity index (χ4v) is 6.65. The van der Waals surface area contributed by atoms with Crippen LogP contribution in [0.4, 0.5) is 5.69 Å². The summed E-state index contributed by atoms with van der Waals surface area (Å²) in [6.07, 6.45) is 7.41. The molecular weight excluding hydrogens is 506 g/mol. The van der Waals surface area contributed by atoms with Gasteiger partial charge in [-0.1, -0.05) is 25.3 Å². The number of pyridine rings is 1. The van der Waals surface area contributed by atoms with E-state index in [-0.39, 0.29) is 11.9 Å². The highest BCUT2D eigenvalue weighted by Gasteiger charge is 2.23. The molecule has 2 aromatic carbocycles. The van der Waals surface area contributed by atoms with E-state index in [0.717, 1.165) is 87.9 Å². The van der Waals surface area contributed by atoms with Gasteiger partial charge in [-0.25, -0.2) is 4.98 Å². The van der Waals surface area contributed by atoms with Crippen molar-refractivity contribution in [2.24, 2.45) is 5.92 Å². The first-order valence-corrected chi connectivity index (χ1v) is 15.3. The monoisotopic (exact) mass is 543 g/mol. The molecule has 1 saturated carbocycles. The summed E-state index contributed by atoms with van der Waals surface area (Å²) < 4.78 is 13.0. The zero-order chi connectivity index (χ0) is 26.4. The summed E-state index contributed by atoms with van der Waals surface area (Å²) in [6, 6.07) is 18.6. The molecule has 6 rings (SSSR count). The number of aromatic nitrogens is 1. The lowest BCUT2D eigenvalue weighted by atomic mass is 9.89. The Bertz CT molecular complexity index is 1410. The van der Waals surface area contributed by atoms with Gasteiger partial charge in [-0.05, 0) is 74.0 Å². The molecule has 0 amide bonds. The van der Waals surface area contributed by atoms with Gasteiger partial charge in [0.15, 0.2) is 0 Å². The molecule has 1 aliphatic carbocycles. The lowest BCUT2D eigenvalue weighted by Crippen LogP contribution is -2.46. The number of piperazine rings is 1. The van der Waals surface area contributed by atoms with Gasteiger partial charge in [0.25, 0.3) is 0 Å². The third-order valence-corrected chi connectivity index (χ3v) is 8.99. The molecule has 0 radical (unpaired) electrons. The van der Waals surface area contributed by atoms with Crippen LogP contribution in [0.3, 0.4) is 0 Å². The van der Waals surface area contributed by atoms with Crippen LogP contribution in [0.5, 0.6) is 11.6 Å². The highest BCUT2D eigenvalue weighted by molar-refractivity contribution is 7.17. The van der Waals surface area contributed by atoms with Crippen molar-refractivity contribution in [2.45, 2.75) is 44.9 Å². The Morgan fingerprint density at radius 3 is 2.67 bits per heavy atom. The largest absolute Gasteiger partial charge is 0.494 e. The van der Waals surface area contributed by atoms with Crippen molar-refractivity contribution in [3.8, 4) is 11.6 Å². The van der Waals surface area contributed by atoms with Gasteiger partial charge in [0.2, 0.25) is 5.88 Å². The highest BCUT2D eigenvalue weighted by atomic mass is 32.1. The number of rotatable bonds is 9. The molecule has 1 aliphatic heterocycles. The average molecular weight is 544 g/mol. The Hall–Kier alpha value is -3.16. The van der Waals surface area contributed by atoms with Crippen LogP contribution >= 0.6 is 11.3 Å². The molecule has 39 heavy (non-hydrogen) atoms. The van der Waals surface area contributed by atoms with Crippen LogP contribution in [0.25, 0.3) is 21.0 Å². The second kappa shape index (κ2) is 12.3. The zero-order valence-corrected chi connectivity index (χ0v) is 23.3. The fraction of sp³-hybridized carbons (Fsp3) is 0.438. The van der Waals surface area contributed by atoms with Gasteiger partial charge in [-0.3, -0.25) is 9.69 Å². The van der Waals surface area contributed by atoms with E-state index in [1.807, 2.05) is 35.6 Å². The number of fused-ring (bicyclic) bond motifs is 2. The smallest absolute Gasteiger partial charge is 0.315 e. The number of unbranched alkanes of at least 4 members (excludes halogenated alkanes) is 1. The molecule has 2 fully saturated rings. The molecule has 0 atom stereocenters. The molecule has 0 spiro atoms. The SMILES string of the molecule is O=C(Oc1ccc2ccc(OCCCCN3CCN(c4cccc5sccc45)CC3)cc2n1)C1CCCCC1. The number of esters is 1. The number of hydrogen-bond donors (Lipinski definition) is 0. The van der Waals surface area contributed by atoms with E-state index >= 15 is 0 Å². The molecule has 0 bridgehead atoms. The maximum Gasteiger partial charge on any atom is 0.315 e. The van der Waals surface area contributed by atoms with Gasteiger partial charge >= 0.3 is 5.97 Å². The van der Waals surface area contributed by atoms with Crippen LogP contribution in [0, 0.1) is 5.92 Å². The summed E-state index contributed by atoms with van der Waals surface area (Å²) in [5.74, 6) is 1.05. The zero-order valence-electron chi connectivity index (χ0n) is 22.5. The number of anilines is 1. The van der Waals surface area contributed by atoms with E-state index in [1.54, 1.807) is 6.07 Å². The second-order valence-electron chi connectivity index (χ2n) is 10.8. The molecule has 1 saturated heterocycles. The van der Waals surface area contributed by atoms with Crippen molar-refractivity contribution in [3.63, 3.8) is 0 Å². The summed E-state index contributed by atoms with van der Waals surface area (Å²) >= 11 is 1.82. The number of nitrogens with zero attached hydrogens (tertiary/aromatic N) is 3. The van der Waals surface area contributed by atoms with Crippen LogP contribution in [-0.4, -0.2) is 55.2 Å². The molecular formula is C32H37N3O3S. The van der Waals surface area contributed by atoms with Crippen LogP contribution in [0.2, 0.25) is 0 Å². The van der Waals surface area contributed by atoms with E-state index < -0.39 is 0 Å². The molecule has 4 aromatic rings. The Balaban J connectivity index is 0.938. The fourth-order valence-electron chi connectivity index (χ4n) is 5.84. The Morgan fingerprint density at radius 1 is 0.949 bits per heavy atom. The Kier molecular flexibility index (Phi) is 8.26. The molecule has 2 aromatic heterocycles. The first-order chi connectivity index (χ1) is 19.2. The molecule has 3 heterocycles. The first kappa shape index (κ1) is 26.1. The predicted molar refractivity (Wildman–Crippen MR) is 159 cm³/mol. The third kappa shape index (κ3) is 6.36. The minimum Gasteiger partial charge on any atom is -0.494 e. The third-order valence-electron chi connectivity index (χ3n) is 8.10. The summed E-state index contributed by atoms with van der Waals surface area (Å²) in [6.45, 7) is 6.15. The highest BCUT2D eigenvalue weighted by Crippen LogP contribution is 2.31. The first-order valence-electron chi connectivity index (χ1n) is 14.4. The molecule has 6 nitrogen and oxygen atoms in total. The van der Waals surface area contributed by atoms with Gasteiger partial charge in [0.1, 0.15) is 5.75 Å². The van der Waals surface area contributed by atoms with Crippen LogP contribution < -0.4 is 14.4 Å². The number of ether oxygens (including phenoxy) is 2. The van der Waals surface area contributed by atoms with E-state index in [0.29, 0.717) is 12.5 Å². The van der Waals surface area contributed by atoms with Crippen molar-refractivity contribution >= 4 is 44.0 Å². The normalized spacial score (nSPS) is 17.1. The van der Waals surface area contributed by atoms with Crippen LogP contribution in [0.15, 0.2) is 60.0 Å². The van der Waals surface area contributed by atoms with E-state index in [4.69, 9.17) is 9.47 Å². The summed E-state index contributed by atoms with van der Waals surface area (Å²) in [4.78, 5) is 22.2. The molecule has 2 aliphatic rings. The second-order valence-corrected chi connectivity index (χ2v) is 11.7. The van der Waals surface area contributed by atoms with Gasteiger partial charge in [0, 0.05) is 59.5 Å². The van der Waals surface area contributed by atoms with Gasteiger partial charge < -0.3 is 14.4 Å².